The Hall–Kier alpha value is -1.15. The average Bonchev–Trinajstić information content (AvgIpc) is 2.29. The van der Waals surface area contributed by atoms with E-state index in [1.807, 2.05) is 6.92 Å². The second-order valence-corrected chi connectivity index (χ2v) is 3.19. The van der Waals surface area contributed by atoms with E-state index >= 15 is 0 Å². The molecule has 0 radical (unpaired) electrons. The Balaban J connectivity index is 2.95. The Morgan fingerprint density at radius 3 is 2.92 bits per heavy atom. The number of benzene rings is 1. The van der Waals surface area contributed by atoms with Crippen molar-refractivity contribution >= 4 is 23.6 Å². The largest absolute Gasteiger partial charge is 0.270 e. The molecule has 2 nitrogen and oxygen atoms in total. The van der Waals surface area contributed by atoms with E-state index in [9.17, 15) is 4.79 Å². The number of hydrogen-bond donors (Lipinski definition) is 0. The zero-order chi connectivity index (χ0) is 8.72. The molecule has 1 aliphatic heterocycles. The molecule has 0 aliphatic carbocycles. The molecule has 3 heteroatoms. The Morgan fingerprint density at radius 1 is 1.42 bits per heavy atom. The molecule has 1 aromatic rings. The van der Waals surface area contributed by atoms with Crippen LogP contribution in [0.5, 0.6) is 0 Å². The van der Waals surface area contributed by atoms with Crippen molar-refractivity contribution in [2.24, 2.45) is 4.99 Å². The van der Waals surface area contributed by atoms with Crippen LogP contribution in [0.15, 0.2) is 17.1 Å². The summed E-state index contributed by atoms with van der Waals surface area (Å²) >= 11 is 5.80. The van der Waals surface area contributed by atoms with Gasteiger partial charge in [-0.3, -0.25) is 4.79 Å². The fourth-order valence-electron chi connectivity index (χ4n) is 1.30. The van der Waals surface area contributed by atoms with Crippen molar-refractivity contribution in [3.63, 3.8) is 0 Å². The fourth-order valence-corrected chi connectivity index (χ4v) is 1.58. The summed E-state index contributed by atoms with van der Waals surface area (Å²) in [6.07, 6.45) is 1.49. The topological polar surface area (TPSA) is 29.4 Å². The molecule has 0 saturated heterocycles. The SMILES string of the molecule is Cc1cc(Cl)cc2c1=NC(=O)C=2. The smallest absolute Gasteiger partial charge is 0.267 e. The lowest BCUT2D eigenvalue weighted by Gasteiger charge is -1.92. The standard InChI is InChI=1S/C9H6ClNO/c1-5-2-7(10)3-6-4-8(12)11-9(5)6/h2-4H,1H3. The lowest BCUT2D eigenvalue weighted by Crippen LogP contribution is -2.23. The van der Waals surface area contributed by atoms with Gasteiger partial charge >= 0.3 is 0 Å². The first kappa shape index (κ1) is 7.50. The molecule has 1 aromatic carbocycles. The van der Waals surface area contributed by atoms with Gasteiger partial charge in [-0.05, 0) is 24.6 Å². The van der Waals surface area contributed by atoms with Crippen LogP contribution in [0.4, 0.5) is 0 Å². The van der Waals surface area contributed by atoms with Crippen LogP contribution in [0, 0.1) is 6.92 Å². The summed E-state index contributed by atoms with van der Waals surface area (Å²) in [5.74, 6) is -0.199. The predicted molar refractivity (Wildman–Crippen MR) is 46.4 cm³/mol. The van der Waals surface area contributed by atoms with Crippen LogP contribution < -0.4 is 10.6 Å². The Morgan fingerprint density at radius 2 is 2.17 bits per heavy atom. The fraction of sp³-hybridized carbons (Fsp3) is 0.111. The number of hydrogen-bond acceptors (Lipinski definition) is 1. The van der Waals surface area contributed by atoms with Gasteiger partial charge in [0.2, 0.25) is 0 Å². The highest BCUT2D eigenvalue weighted by Gasteiger charge is 2.05. The van der Waals surface area contributed by atoms with Gasteiger partial charge in [-0.25, -0.2) is 4.99 Å². The minimum absolute atomic E-state index is 0.199. The first-order valence-corrected chi connectivity index (χ1v) is 3.95. The molecular weight excluding hydrogens is 174 g/mol. The molecule has 0 fully saturated rings. The minimum atomic E-state index is -0.199. The van der Waals surface area contributed by atoms with E-state index in [0.29, 0.717) is 5.02 Å². The van der Waals surface area contributed by atoms with Crippen LogP contribution in [-0.2, 0) is 4.79 Å². The quantitative estimate of drug-likeness (QED) is 0.573. The second kappa shape index (κ2) is 2.42. The molecule has 0 spiro atoms. The molecular formula is C9H6ClNO. The molecule has 0 bridgehead atoms. The summed E-state index contributed by atoms with van der Waals surface area (Å²) in [5, 5.41) is 2.22. The van der Waals surface area contributed by atoms with Crippen LogP contribution >= 0.6 is 11.6 Å². The lowest BCUT2D eigenvalue weighted by molar-refractivity contribution is -0.112. The number of nitrogens with zero attached hydrogens (tertiary/aromatic N) is 1. The molecule has 1 aliphatic rings. The predicted octanol–water partition coefficient (Wildman–Crippen LogP) is 0.589. The summed E-state index contributed by atoms with van der Waals surface area (Å²) in [4.78, 5) is 14.7. The first-order valence-electron chi connectivity index (χ1n) is 3.57. The van der Waals surface area contributed by atoms with Crippen LogP contribution in [-0.4, -0.2) is 5.91 Å². The van der Waals surface area contributed by atoms with Gasteiger partial charge in [0.25, 0.3) is 5.91 Å². The van der Waals surface area contributed by atoms with E-state index in [0.717, 1.165) is 16.1 Å². The monoisotopic (exact) mass is 179 g/mol. The van der Waals surface area contributed by atoms with Gasteiger partial charge in [-0.2, -0.15) is 0 Å². The van der Waals surface area contributed by atoms with Crippen molar-refractivity contribution in [1.82, 2.24) is 0 Å². The number of fused-ring (bicyclic) bond motifs is 1. The first-order chi connectivity index (χ1) is 5.66. The third-order valence-electron chi connectivity index (χ3n) is 1.80. The highest BCUT2D eigenvalue weighted by Crippen LogP contribution is 2.04. The molecule has 1 amide bonds. The van der Waals surface area contributed by atoms with E-state index in [2.05, 4.69) is 4.99 Å². The van der Waals surface area contributed by atoms with Crippen LogP contribution in [0.1, 0.15) is 5.56 Å². The van der Waals surface area contributed by atoms with Crippen molar-refractivity contribution in [3.8, 4) is 0 Å². The van der Waals surface area contributed by atoms with E-state index in [1.54, 1.807) is 12.1 Å². The summed E-state index contributed by atoms with van der Waals surface area (Å²) in [6.45, 7) is 1.89. The summed E-state index contributed by atoms with van der Waals surface area (Å²) in [5.41, 5.74) is 0.944. The van der Waals surface area contributed by atoms with Gasteiger partial charge in [0.15, 0.2) is 0 Å². The minimum Gasteiger partial charge on any atom is -0.267 e. The molecule has 1 heterocycles. The van der Waals surface area contributed by atoms with Crippen molar-refractivity contribution in [2.75, 3.05) is 0 Å². The van der Waals surface area contributed by atoms with Crippen molar-refractivity contribution < 1.29 is 4.79 Å². The average molecular weight is 180 g/mol. The molecule has 0 aromatic heterocycles. The van der Waals surface area contributed by atoms with E-state index in [1.165, 1.54) is 6.08 Å². The van der Waals surface area contributed by atoms with Crippen LogP contribution in [0.2, 0.25) is 5.02 Å². The van der Waals surface area contributed by atoms with Gasteiger partial charge < -0.3 is 0 Å². The van der Waals surface area contributed by atoms with Crippen LogP contribution in [0.25, 0.3) is 6.08 Å². The van der Waals surface area contributed by atoms with Gasteiger partial charge in [0.1, 0.15) is 0 Å². The highest BCUT2D eigenvalue weighted by molar-refractivity contribution is 6.30. The molecule has 0 saturated carbocycles. The maximum Gasteiger partial charge on any atom is 0.270 e. The van der Waals surface area contributed by atoms with Crippen molar-refractivity contribution in [2.45, 2.75) is 6.92 Å². The number of aryl methyl sites for hydroxylation is 1. The van der Waals surface area contributed by atoms with Gasteiger partial charge in [-0.15, -0.1) is 0 Å². The number of rotatable bonds is 0. The van der Waals surface area contributed by atoms with E-state index in [4.69, 9.17) is 11.6 Å². The molecule has 0 atom stereocenters. The molecule has 12 heavy (non-hydrogen) atoms. The third kappa shape index (κ3) is 1.04. The van der Waals surface area contributed by atoms with E-state index in [-0.39, 0.29) is 5.91 Å². The second-order valence-electron chi connectivity index (χ2n) is 2.75. The van der Waals surface area contributed by atoms with Gasteiger partial charge in [-0.1, -0.05) is 11.6 Å². The molecule has 60 valence electrons. The van der Waals surface area contributed by atoms with Gasteiger partial charge in [0.05, 0.1) is 5.36 Å². The highest BCUT2D eigenvalue weighted by atomic mass is 35.5. The molecule has 0 unspecified atom stereocenters. The maximum atomic E-state index is 10.9. The number of halogens is 1. The maximum absolute atomic E-state index is 10.9. The Bertz CT molecular complexity index is 476. The number of carbonyl (C=O) groups excluding carboxylic acids is 1. The summed E-state index contributed by atoms with van der Waals surface area (Å²) in [6, 6.07) is 3.55. The summed E-state index contributed by atoms with van der Waals surface area (Å²) in [7, 11) is 0. The molecule has 2 rings (SSSR count). The zero-order valence-electron chi connectivity index (χ0n) is 6.47. The number of carbonyl (C=O) groups is 1. The van der Waals surface area contributed by atoms with Crippen LogP contribution in [0.3, 0.4) is 0 Å². The van der Waals surface area contributed by atoms with Gasteiger partial charge in [0, 0.05) is 16.3 Å². The van der Waals surface area contributed by atoms with E-state index < -0.39 is 0 Å². The zero-order valence-corrected chi connectivity index (χ0v) is 7.22. The third-order valence-corrected chi connectivity index (χ3v) is 2.01. The Kier molecular flexibility index (Phi) is 1.51. The number of amides is 1. The van der Waals surface area contributed by atoms with Crippen molar-refractivity contribution in [1.29, 1.82) is 0 Å². The Labute approximate surface area is 74.2 Å². The molecule has 0 N–H and O–H groups in total. The van der Waals surface area contributed by atoms with Crippen molar-refractivity contribution in [3.05, 3.63) is 33.3 Å². The summed E-state index contributed by atoms with van der Waals surface area (Å²) < 4.78 is 0. The normalized spacial score (nSPS) is 13.7. The lowest BCUT2D eigenvalue weighted by atomic mass is 10.2.